The minimum absolute atomic E-state index is 0.0117. The Hall–Kier alpha value is -2.20. The average molecular weight is 821 g/mol. The monoisotopic (exact) mass is 820 g/mol. The molecular formula is C31H64O17Si4. The second-order valence-electron chi connectivity index (χ2n) is 9.99. The van der Waals surface area contributed by atoms with E-state index in [1.165, 1.54) is 21.3 Å². The van der Waals surface area contributed by atoms with Crippen molar-refractivity contribution in [2.75, 3.05) is 97.3 Å². The third-order valence-electron chi connectivity index (χ3n) is 6.37. The van der Waals surface area contributed by atoms with Gasteiger partial charge in [-0.05, 0) is 32.9 Å². The van der Waals surface area contributed by atoms with Crippen molar-refractivity contribution in [3.63, 3.8) is 0 Å². The molecule has 21 heteroatoms. The zero-order valence-corrected chi connectivity index (χ0v) is 38.1. The van der Waals surface area contributed by atoms with E-state index in [9.17, 15) is 14.4 Å². The molecule has 0 aliphatic carbocycles. The summed E-state index contributed by atoms with van der Waals surface area (Å²) in [6, 6.07) is 0.611. The first-order valence-electron chi connectivity index (χ1n) is 15.5. The van der Waals surface area contributed by atoms with Crippen molar-refractivity contribution >= 4 is 53.8 Å². The molecule has 0 radical (unpaired) electrons. The van der Waals surface area contributed by atoms with E-state index >= 15 is 0 Å². The molecule has 0 saturated heterocycles. The van der Waals surface area contributed by atoms with Crippen LogP contribution in [0.25, 0.3) is 0 Å². The van der Waals surface area contributed by atoms with Crippen LogP contribution in [0.5, 0.6) is 0 Å². The lowest BCUT2D eigenvalue weighted by Crippen LogP contribution is -2.48. The third-order valence-corrected chi connectivity index (χ3v) is 15.3. The predicted octanol–water partition coefficient (Wildman–Crippen LogP) is 2.30. The van der Waals surface area contributed by atoms with E-state index in [4.69, 9.17) is 63.5 Å². The van der Waals surface area contributed by atoms with Gasteiger partial charge >= 0.3 is 44.3 Å². The molecule has 0 aliphatic heterocycles. The lowest BCUT2D eigenvalue weighted by Gasteiger charge is -2.24. The summed E-state index contributed by atoms with van der Waals surface area (Å²) < 4.78 is 70.4. The van der Waals surface area contributed by atoms with E-state index in [1.54, 1.807) is 83.3 Å². The maximum Gasteiger partial charge on any atom is 0.539 e. The Labute approximate surface area is 316 Å². The summed E-state index contributed by atoms with van der Waals surface area (Å²) in [5, 5.41) is 0. The lowest BCUT2D eigenvalue weighted by atomic mass is 10.4. The molecule has 0 aromatic carbocycles. The fourth-order valence-corrected chi connectivity index (χ4v) is 7.86. The van der Waals surface area contributed by atoms with Crippen LogP contribution in [0.3, 0.4) is 0 Å². The van der Waals surface area contributed by atoms with Crippen molar-refractivity contribution in [2.24, 2.45) is 0 Å². The van der Waals surface area contributed by atoms with E-state index in [0.717, 1.165) is 0 Å². The van der Waals surface area contributed by atoms with Crippen LogP contribution in [0.1, 0.15) is 27.2 Å². The molecule has 0 fully saturated rings. The molecule has 0 unspecified atom stereocenters. The van der Waals surface area contributed by atoms with E-state index in [2.05, 4.69) is 26.3 Å². The smallest absolute Gasteiger partial charge is 0.467 e. The van der Waals surface area contributed by atoms with Gasteiger partial charge in [-0.25, -0.2) is 14.4 Å². The zero-order chi connectivity index (χ0) is 41.4. The number of hydrogen-bond donors (Lipinski definition) is 0. The number of carbonyl (C=O) groups excluding carboxylic acids is 3. The summed E-state index contributed by atoms with van der Waals surface area (Å²) in [7, 11) is 8.34. The average Bonchev–Trinajstić information content (AvgIpc) is 3.16. The standard InChI is InChI=1S/C10H20O5Si.C8H16O5Si.C8H16O4Si.C5H12O3Si/c1-9(2)10(11)15-7-6-8-16(12-3,13-4)14-5;1-7(2)8(9)13-6-14(10-3,11-4)12-5;1-6(2)7(9)12-5-13-8(10-3)11-4;1-5-9(6-2,7-3)8-4/h1,6-8H2,2-5H3;1,6H2,2-5H3;8H,1,5,13H2,2-4H3;5H,1H2,2-4H3. The van der Waals surface area contributed by atoms with Gasteiger partial charge in [-0.3, -0.25) is 0 Å². The molecule has 0 aromatic rings. The summed E-state index contributed by atoms with van der Waals surface area (Å²) in [5.41, 5.74) is 2.72. The second-order valence-corrected chi connectivity index (χ2v) is 20.5. The highest BCUT2D eigenvalue weighted by molar-refractivity contribution is 6.66. The topological polar surface area (TPSA) is 180 Å². The van der Waals surface area contributed by atoms with E-state index in [0.29, 0.717) is 42.0 Å². The van der Waals surface area contributed by atoms with Crippen LogP contribution >= 0.6 is 0 Å². The molecule has 17 nitrogen and oxygen atoms in total. The Morgan fingerprint density at radius 3 is 1.23 bits per heavy atom. The van der Waals surface area contributed by atoms with E-state index < -0.39 is 41.9 Å². The van der Waals surface area contributed by atoms with Gasteiger partial charge in [0.05, 0.1) is 12.8 Å². The fraction of sp³-hybridized carbons (Fsp3) is 0.645. The normalized spacial score (nSPS) is 11.2. The molecule has 0 atom stereocenters. The number of hydrogen-bond acceptors (Lipinski definition) is 17. The summed E-state index contributed by atoms with van der Waals surface area (Å²) in [5.74, 6) is -1.39. The first kappa shape index (κ1) is 56.5. The summed E-state index contributed by atoms with van der Waals surface area (Å²) in [6.07, 6.45) is 1.04. The zero-order valence-electron chi connectivity index (χ0n) is 33.7. The number of rotatable bonds is 24. The van der Waals surface area contributed by atoms with Crippen LogP contribution < -0.4 is 0 Å². The molecule has 52 heavy (non-hydrogen) atoms. The molecule has 0 aromatic heterocycles. The fourth-order valence-electron chi connectivity index (χ4n) is 3.04. The molecule has 0 aliphatic rings. The summed E-state index contributed by atoms with van der Waals surface area (Å²) in [6.45, 7) is 19.1. The molecule has 0 rings (SSSR count). The van der Waals surface area contributed by atoms with Crippen LogP contribution in [-0.4, -0.2) is 157 Å². The third kappa shape index (κ3) is 25.7. The molecule has 0 saturated carbocycles. The molecule has 0 bridgehead atoms. The summed E-state index contributed by atoms with van der Waals surface area (Å²) in [4.78, 5) is 33.1. The largest absolute Gasteiger partial charge is 0.539 e. The molecular weight excluding hydrogens is 757 g/mol. The number of carbonyl (C=O) groups is 3. The van der Waals surface area contributed by atoms with Crippen molar-refractivity contribution < 1.29 is 77.9 Å². The number of esters is 3. The van der Waals surface area contributed by atoms with Crippen LogP contribution in [0.4, 0.5) is 0 Å². The molecule has 306 valence electrons. The molecule has 0 heterocycles. The minimum Gasteiger partial charge on any atom is -0.467 e. The van der Waals surface area contributed by atoms with Crippen molar-refractivity contribution in [3.05, 3.63) is 48.7 Å². The van der Waals surface area contributed by atoms with E-state index in [-0.39, 0.29) is 24.1 Å². The Kier molecular flexibility index (Phi) is 36.3. The highest BCUT2D eigenvalue weighted by atomic mass is 28.4. The molecule has 0 N–H and O–H groups in total. The Morgan fingerprint density at radius 1 is 0.577 bits per heavy atom. The maximum atomic E-state index is 11.1. The van der Waals surface area contributed by atoms with Crippen LogP contribution in [-0.2, 0) is 77.9 Å². The molecule has 0 spiro atoms. The Balaban J connectivity index is -0.000000301. The van der Waals surface area contributed by atoms with Crippen LogP contribution in [0.15, 0.2) is 48.7 Å². The first-order chi connectivity index (χ1) is 24.4. The first-order valence-corrected chi connectivity index (χ1v) is 23.0. The second kappa shape index (κ2) is 33.4. The van der Waals surface area contributed by atoms with Crippen molar-refractivity contribution in [3.8, 4) is 0 Å². The molecule has 0 amide bonds. The van der Waals surface area contributed by atoms with Gasteiger partial charge in [-0.15, -0.1) is 0 Å². The van der Waals surface area contributed by atoms with Crippen molar-refractivity contribution in [2.45, 2.75) is 39.1 Å². The highest BCUT2D eigenvalue weighted by Gasteiger charge is 2.40. The maximum absolute atomic E-state index is 11.1. The van der Waals surface area contributed by atoms with E-state index in [1.807, 2.05) is 0 Å². The van der Waals surface area contributed by atoms with Crippen molar-refractivity contribution in [1.29, 1.82) is 0 Å². The quantitative estimate of drug-likeness (QED) is 0.0345. The summed E-state index contributed by atoms with van der Waals surface area (Å²) >= 11 is 0. The van der Waals surface area contributed by atoms with Crippen LogP contribution in [0, 0.1) is 0 Å². The van der Waals surface area contributed by atoms with Gasteiger partial charge in [-0.1, -0.05) is 26.3 Å². The van der Waals surface area contributed by atoms with Gasteiger partial charge in [0.2, 0.25) is 0 Å². The highest BCUT2D eigenvalue weighted by Crippen LogP contribution is 2.15. The number of ether oxygens (including phenoxy) is 5. The number of methoxy groups -OCH3 is 2. The van der Waals surface area contributed by atoms with Gasteiger partial charge in [0.25, 0.3) is 0 Å². The Bertz CT molecular complexity index is 1000. The van der Waals surface area contributed by atoms with Gasteiger partial charge in [-0.2, -0.15) is 0 Å². The van der Waals surface area contributed by atoms with Crippen LogP contribution in [0.2, 0.25) is 6.04 Å². The van der Waals surface area contributed by atoms with Crippen molar-refractivity contribution in [1.82, 2.24) is 0 Å². The van der Waals surface area contributed by atoms with Gasteiger partial charge < -0.3 is 63.5 Å². The Morgan fingerprint density at radius 2 is 0.942 bits per heavy atom. The van der Waals surface area contributed by atoms with Gasteiger partial charge in [0.15, 0.2) is 6.23 Å². The minimum atomic E-state index is -2.81. The lowest BCUT2D eigenvalue weighted by molar-refractivity contribution is -0.139. The van der Waals surface area contributed by atoms with Gasteiger partial charge in [0, 0.05) is 101 Å². The predicted molar refractivity (Wildman–Crippen MR) is 204 cm³/mol. The van der Waals surface area contributed by atoms with Gasteiger partial charge in [0.1, 0.15) is 15.4 Å². The SMILES string of the molecule is C=C(C)C(=O)OCCC[Si](OC)(OC)OC.C=C(C)C(=O)OC[SiH2]C(OC)OC.C=C(C)C(=O)OC[Si](OC)(OC)OC.C=C[Si](OC)(OC)OC.